The van der Waals surface area contributed by atoms with Gasteiger partial charge in [-0.05, 0) is 11.4 Å². The van der Waals surface area contributed by atoms with Gasteiger partial charge in [-0.15, -0.1) is 11.3 Å². The van der Waals surface area contributed by atoms with Crippen molar-refractivity contribution in [3.63, 3.8) is 0 Å². The van der Waals surface area contributed by atoms with E-state index in [0.717, 1.165) is 11.3 Å². The van der Waals surface area contributed by atoms with Gasteiger partial charge in [0.25, 0.3) is 11.5 Å². The third-order valence-corrected chi connectivity index (χ3v) is 2.73. The second-order valence-electron chi connectivity index (χ2n) is 2.86. The summed E-state index contributed by atoms with van der Waals surface area (Å²) in [6, 6.07) is 3.04. The molecule has 0 atom stereocenters. The molecule has 0 spiro atoms. The largest absolute Gasteiger partial charge is 0.335 e. The third kappa shape index (κ3) is 1.61. The normalized spacial score (nSPS) is 10.3. The summed E-state index contributed by atoms with van der Waals surface area (Å²) in [4.78, 5) is 36.4. The van der Waals surface area contributed by atoms with E-state index in [1.807, 2.05) is 4.98 Å². The molecule has 5 nitrogen and oxygen atoms in total. The van der Waals surface area contributed by atoms with Gasteiger partial charge in [0.15, 0.2) is 0 Å². The van der Waals surface area contributed by atoms with E-state index in [0.29, 0.717) is 6.20 Å². The number of rotatable bonds is 1. The molecule has 16 heavy (non-hydrogen) atoms. The number of carbonyl (C=O) groups is 1. The summed E-state index contributed by atoms with van der Waals surface area (Å²) in [6.07, 6.45) is 0.628. The van der Waals surface area contributed by atoms with Gasteiger partial charge < -0.3 is 4.98 Å². The van der Waals surface area contributed by atoms with Crippen LogP contribution in [0.5, 0.6) is 0 Å². The standard InChI is InChI=1S/C9H5FN2O3S/c10-5-4-11-9(15)12(7(5)13)8(14)6-2-1-3-16-6/h1-4H,(H,11,15). The summed E-state index contributed by atoms with van der Waals surface area (Å²) in [5.74, 6) is -2.01. The van der Waals surface area contributed by atoms with Crippen molar-refractivity contribution in [1.29, 1.82) is 0 Å². The van der Waals surface area contributed by atoms with Crippen LogP contribution in [0, 0.1) is 5.82 Å². The molecule has 0 unspecified atom stereocenters. The minimum absolute atomic E-state index is 0.193. The first kappa shape index (κ1) is 10.5. The van der Waals surface area contributed by atoms with E-state index in [4.69, 9.17) is 0 Å². The number of aromatic nitrogens is 2. The molecule has 0 aliphatic carbocycles. The molecule has 0 aliphatic rings. The molecule has 2 aromatic heterocycles. The molecular formula is C9H5FN2O3S. The minimum atomic E-state index is -1.25. The van der Waals surface area contributed by atoms with Crippen molar-refractivity contribution in [3.05, 3.63) is 55.2 Å². The Morgan fingerprint density at radius 3 is 2.81 bits per heavy atom. The van der Waals surface area contributed by atoms with Crippen LogP contribution in [-0.4, -0.2) is 15.5 Å². The first-order chi connectivity index (χ1) is 7.61. The van der Waals surface area contributed by atoms with Crippen molar-refractivity contribution in [2.75, 3.05) is 0 Å². The summed E-state index contributed by atoms with van der Waals surface area (Å²) >= 11 is 1.06. The number of hydrogen-bond acceptors (Lipinski definition) is 4. The highest BCUT2D eigenvalue weighted by Gasteiger charge is 2.16. The Morgan fingerprint density at radius 1 is 1.44 bits per heavy atom. The van der Waals surface area contributed by atoms with E-state index in [1.165, 1.54) is 6.07 Å². The quantitative estimate of drug-likeness (QED) is 0.785. The molecule has 0 aromatic carbocycles. The molecule has 0 saturated heterocycles. The maximum absolute atomic E-state index is 12.9. The van der Waals surface area contributed by atoms with Gasteiger partial charge in [0.05, 0.1) is 4.88 Å². The highest BCUT2D eigenvalue weighted by atomic mass is 32.1. The number of hydrogen-bond donors (Lipinski definition) is 1. The molecule has 82 valence electrons. The van der Waals surface area contributed by atoms with E-state index in [2.05, 4.69) is 0 Å². The number of aromatic amines is 1. The summed E-state index contributed by atoms with van der Waals surface area (Å²) in [7, 11) is 0. The van der Waals surface area contributed by atoms with Crippen LogP contribution in [0.15, 0.2) is 33.3 Å². The number of nitrogens with one attached hydrogen (secondary N) is 1. The second-order valence-corrected chi connectivity index (χ2v) is 3.81. The average molecular weight is 240 g/mol. The second kappa shape index (κ2) is 3.86. The molecule has 2 rings (SSSR count). The maximum Gasteiger partial charge on any atom is 0.335 e. The summed E-state index contributed by atoms with van der Waals surface area (Å²) in [5, 5.41) is 1.62. The highest BCUT2D eigenvalue weighted by Crippen LogP contribution is 2.08. The van der Waals surface area contributed by atoms with E-state index in [-0.39, 0.29) is 9.44 Å². The van der Waals surface area contributed by atoms with Crippen LogP contribution in [0.3, 0.4) is 0 Å². The lowest BCUT2D eigenvalue weighted by Gasteiger charge is -1.99. The predicted octanol–water partition coefficient (Wildman–Crippen LogP) is 0.426. The lowest BCUT2D eigenvalue weighted by Crippen LogP contribution is -2.40. The minimum Gasteiger partial charge on any atom is -0.311 e. The fourth-order valence-electron chi connectivity index (χ4n) is 1.15. The first-order valence-corrected chi connectivity index (χ1v) is 5.07. The summed E-state index contributed by atoms with van der Waals surface area (Å²) < 4.78 is 13.1. The molecule has 0 amide bonds. The van der Waals surface area contributed by atoms with Crippen LogP contribution >= 0.6 is 11.3 Å². The van der Waals surface area contributed by atoms with Crippen molar-refractivity contribution < 1.29 is 9.18 Å². The van der Waals surface area contributed by atoms with Crippen molar-refractivity contribution in [1.82, 2.24) is 9.55 Å². The zero-order valence-corrected chi connectivity index (χ0v) is 8.58. The van der Waals surface area contributed by atoms with Gasteiger partial charge in [0, 0.05) is 6.20 Å². The fourth-order valence-corrected chi connectivity index (χ4v) is 1.80. The van der Waals surface area contributed by atoms with Gasteiger partial charge in [-0.3, -0.25) is 9.59 Å². The Morgan fingerprint density at radius 2 is 2.19 bits per heavy atom. The highest BCUT2D eigenvalue weighted by molar-refractivity contribution is 7.12. The Labute approximate surface area is 91.8 Å². The monoisotopic (exact) mass is 240 g/mol. The molecular weight excluding hydrogens is 235 g/mol. The first-order valence-electron chi connectivity index (χ1n) is 4.19. The Hall–Kier alpha value is -2.02. The number of carbonyl (C=O) groups excluding carboxylic acids is 1. The van der Waals surface area contributed by atoms with Gasteiger partial charge in [-0.1, -0.05) is 6.07 Å². The Kier molecular flexibility index (Phi) is 2.53. The zero-order chi connectivity index (χ0) is 11.7. The number of thiophene rings is 1. The molecule has 2 heterocycles. The van der Waals surface area contributed by atoms with Crippen LogP contribution in [0.2, 0.25) is 0 Å². The van der Waals surface area contributed by atoms with Crippen LogP contribution in [0.1, 0.15) is 9.67 Å². The third-order valence-electron chi connectivity index (χ3n) is 1.87. The van der Waals surface area contributed by atoms with Crippen LogP contribution in [-0.2, 0) is 0 Å². The van der Waals surface area contributed by atoms with E-state index in [1.54, 1.807) is 11.4 Å². The Balaban J connectivity index is 2.66. The van der Waals surface area contributed by atoms with Crippen LogP contribution in [0.25, 0.3) is 0 Å². The summed E-state index contributed by atoms with van der Waals surface area (Å²) in [6.45, 7) is 0. The summed E-state index contributed by atoms with van der Waals surface area (Å²) in [5.41, 5.74) is -2.20. The number of H-pyrrole nitrogens is 1. The van der Waals surface area contributed by atoms with Crippen LogP contribution < -0.4 is 11.2 Å². The lowest BCUT2D eigenvalue weighted by atomic mass is 10.4. The van der Waals surface area contributed by atoms with Gasteiger partial charge in [-0.2, -0.15) is 8.96 Å². The predicted molar refractivity (Wildman–Crippen MR) is 55.3 cm³/mol. The van der Waals surface area contributed by atoms with Crippen molar-refractivity contribution >= 4 is 17.2 Å². The molecule has 0 saturated carbocycles. The van der Waals surface area contributed by atoms with Crippen molar-refractivity contribution in [2.45, 2.75) is 0 Å². The Bertz CT molecular complexity index is 642. The smallest absolute Gasteiger partial charge is 0.311 e. The molecule has 0 radical (unpaired) electrons. The fraction of sp³-hybridized carbons (Fsp3) is 0. The molecule has 0 bridgehead atoms. The number of halogens is 1. The SMILES string of the molecule is O=C(c1cccs1)n1c(=O)[nH]cc(F)c1=O. The average Bonchev–Trinajstić information content (AvgIpc) is 2.77. The number of nitrogens with zero attached hydrogens (tertiary/aromatic N) is 1. The molecule has 1 N–H and O–H groups in total. The van der Waals surface area contributed by atoms with E-state index < -0.39 is 23.0 Å². The molecule has 7 heteroatoms. The van der Waals surface area contributed by atoms with Gasteiger partial charge in [0.2, 0.25) is 5.82 Å². The zero-order valence-electron chi connectivity index (χ0n) is 7.77. The van der Waals surface area contributed by atoms with Crippen molar-refractivity contribution in [2.24, 2.45) is 0 Å². The molecule has 2 aromatic rings. The molecule has 0 fully saturated rings. The van der Waals surface area contributed by atoms with E-state index >= 15 is 0 Å². The van der Waals surface area contributed by atoms with E-state index in [9.17, 15) is 18.8 Å². The van der Waals surface area contributed by atoms with Crippen molar-refractivity contribution in [3.8, 4) is 0 Å². The lowest BCUT2D eigenvalue weighted by molar-refractivity contribution is 0.0952. The topological polar surface area (TPSA) is 71.9 Å². The van der Waals surface area contributed by atoms with Gasteiger partial charge in [0.1, 0.15) is 0 Å². The van der Waals surface area contributed by atoms with Gasteiger partial charge in [-0.25, -0.2) is 4.79 Å². The van der Waals surface area contributed by atoms with Gasteiger partial charge >= 0.3 is 5.69 Å². The maximum atomic E-state index is 12.9. The van der Waals surface area contributed by atoms with Crippen LogP contribution in [0.4, 0.5) is 4.39 Å². The molecule has 0 aliphatic heterocycles.